The third kappa shape index (κ3) is 27.8. The molecule has 4 rings (SSSR count). The zero-order chi connectivity index (χ0) is 56.8. The third-order valence-electron chi connectivity index (χ3n) is 11.9. The molecule has 450 valence electrons. The van der Waals surface area contributed by atoms with Crippen LogP contribution in [0.5, 0.6) is 0 Å². The molecule has 0 aromatic heterocycles. The third-order valence-corrected chi connectivity index (χ3v) is 11.9. The summed E-state index contributed by atoms with van der Waals surface area (Å²) in [6.45, 7) is 7.25. The van der Waals surface area contributed by atoms with Crippen molar-refractivity contribution in [2.45, 2.75) is 157 Å². The van der Waals surface area contributed by atoms with Crippen molar-refractivity contribution < 1.29 is 145 Å². The molecule has 0 bridgehead atoms. The molecule has 0 saturated carbocycles. The van der Waals surface area contributed by atoms with Gasteiger partial charge in [-0.3, -0.25) is 0 Å². The first kappa shape index (κ1) is 75.3. The lowest BCUT2D eigenvalue weighted by Crippen LogP contribution is -2.55. The molecule has 0 radical (unpaired) electrons. The lowest BCUT2D eigenvalue weighted by Gasteiger charge is -2.40. The van der Waals surface area contributed by atoms with E-state index in [2.05, 4.69) is 0 Å². The first-order valence-electron chi connectivity index (χ1n) is 24.4. The molecule has 29 heteroatoms. The Morgan fingerprint density at radius 3 is 1.00 bits per heavy atom. The molecule has 4 aliphatic heterocycles. The van der Waals surface area contributed by atoms with E-state index in [0.717, 1.165) is 0 Å². The van der Waals surface area contributed by atoms with E-state index in [4.69, 9.17) is 89.0 Å². The Hall–Kier alpha value is -1.74. The summed E-state index contributed by atoms with van der Waals surface area (Å²) < 4.78 is 44.5. The predicted octanol–water partition coefficient (Wildman–Crippen LogP) is -9.49. The van der Waals surface area contributed by atoms with Crippen LogP contribution < -0.4 is 0 Å². The summed E-state index contributed by atoms with van der Waals surface area (Å²) in [6, 6.07) is 0. The van der Waals surface area contributed by atoms with Crippen molar-refractivity contribution in [3.05, 3.63) is 0 Å². The van der Waals surface area contributed by atoms with Gasteiger partial charge in [0.05, 0.1) is 117 Å². The van der Waals surface area contributed by atoms with Crippen molar-refractivity contribution in [2.75, 3.05) is 99.6 Å². The van der Waals surface area contributed by atoms with E-state index in [0.29, 0.717) is 13.0 Å². The fourth-order valence-corrected chi connectivity index (χ4v) is 7.22. The van der Waals surface area contributed by atoms with Gasteiger partial charge in [0, 0.05) is 36.9 Å². The topological polar surface area (TPSA) is 504 Å². The molecule has 4 heterocycles. The van der Waals surface area contributed by atoms with Crippen LogP contribution in [0.3, 0.4) is 0 Å². The van der Waals surface area contributed by atoms with Gasteiger partial charge >= 0.3 is 0 Å². The van der Waals surface area contributed by atoms with E-state index in [9.17, 15) is 50.4 Å². The first-order chi connectivity index (χ1) is 34.8. The number of aliphatic hydroxyl groups excluding tert-OH is 18. The Labute approximate surface area is 436 Å². The molecule has 4 fully saturated rings. The van der Waals surface area contributed by atoms with E-state index in [-0.39, 0.29) is 95.6 Å². The van der Waals surface area contributed by atoms with Crippen LogP contribution in [0.15, 0.2) is 0 Å². The maximum Gasteiger partial charge on any atom is 0.151 e. The van der Waals surface area contributed by atoms with Crippen molar-refractivity contribution in [1.29, 1.82) is 0 Å². The number of methoxy groups -OCH3 is 1. The zero-order valence-corrected chi connectivity index (χ0v) is 43.6. The summed E-state index contributed by atoms with van der Waals surface area (Å²) >= 11 is 0. The van der Waals surface area contributed by atoms with Crippen molar-refractivity contribution in [1.82, 2.24) is 0 Å². The van der Waals surface area contributed by atoms with Crippen LogP contribution in [0.4, 0.5) is 0 Å². The number of Topliss-reactive ketones (excluding diaryl/α,β-unsaturated/α-hetero) is 1. The lowest BCUT2D eigenvalue weighted by molar-refractivity contribution is -0.213. The number of carbonyl (C=O) groups excluding carboxylic acids is 2. The lowest BCUT2D eigenvalue weighted by atomic mass is 9.90. The number of aliphatic hydroxyl groups is 18. The quantitative estimate of drug-likeness (QED) is 0.0423. The van der Waals surface area contributed by atoms with Crippen LogP contribution in [0, 0.1) is 23.7 Å². The van der Waals surface area contributed by atoms with Gasteiger partial charge in [-0.15, -0.1) is 0 Å². The average molecular weight is 1110 g/mol. The molecule has 0 amide bonds. The summed E-state index contributed by atoms with van der Waals surface area (Å²) in [5.41, 5.74) is 0. The van der Waals surface area contributed by atoms with Gasteiger partial charge in [0.25, 0.3) is 0 Å². The second-order valence-corrected chi connectivity index (χ2v) is 18.8. The molecule has 21 atom stereocenters. The largest absolute Gasteiger partial charge is 0.412 e. The highest BCUT2D eigenvalue weighted by Crippen LogP contribution is 2.27. The smallest absolute Gasteiger partial charge is 0.151 e. The fraction of sp³-hybridized carbons (Fsp3) is 0.957. The number of aldehydes is 1. The zero-order valence-electron chi connectivity index (χ0n) is 43.6. The fourth-order valence-electron chi connectivity index (χ4n) is 7.22. The molecular weight excluding hydrogens is 1020 g/mol. The summed E-state index contributed by atoms with van der Waals surface area (Å²) in [5, 5.41) is 168. The highest BCUT2D eigenvalue weighted by Gasteiger charge is 2.43. The van der Waals surface area contributed by atoms with E-state index in [1.165, 1.54) is 21.0 Å². The highest BCUT2D eigenvalue weighted by molar-refractivity contribution is 5.72. The summed E-state index contributed by atoms with van der Waals surface area (Å²) in [5.74, 6) is -1.55. The SMILES string of the molecule is CC(C)=O.CC(C)O.CC[C@@H]1CO[C@@H](COC[C@@H]2CO[C@@H](COC[C@@H]3CO[C@@H](COC[C@@H]4CO[C@@H](COC)C(O)C4O)C(O)[C@@H]3O)C(O)C2O)C(O)[C@@H]1O.O.O=CC(O)C(O)C(O)CO.OCC(O)C(O)C(O)CO. The first-order valence-corrected chi connectivity index (χ1v) is 24.4. The predicted molar refractivity (Wildman–Crippen MR) is 256 cm³/mol. The second-order valence-electron chi connectivity index (χ2n) is 18.8. The number of carbonyl (C=O) groups is 2. The van der Waals surface area contributed by atoms with Crippen molar-refractivity contribution in [3.63, 3.8) is 0 Å². The van der Waals surface area contributed by atoms with Crippen LogP contribution in [0.25, 0.3) is 0 Å². The molecule has 20 N–H and O–H groups in total. The molecule has 0 aliphatic carbocycles. The Morgan fingerprint density at radius 1 is 0.493 bits per heavy atom. The van der Waals surface area contributed by atoms with Crippen molar-refractivity contribution >= 4 is 12.1 Å². The molecule has 0 spiro atoms. The van der Waals surface area contributed by atoms with Gasteiger partial charge in [-0.2, -0.15) is 0 Å². The maximum atomic E-state index is 10.7. The number of ketones is 1. The van der Waals surface area contributed by atoms with E-state index < -0.39 is 147 Å². The van der Waals surface area contributed by atoms with Gasteiger partial charge in [0.1, 0.15) is 91.2 Å². The van der Waals surface area contributed by atoms with Crippen LogP contribution in [-0.2, 0) is 47.5 Å². The van der Waals surface area contributed by atoms with Crippen molar-refractivity contribution in [2.24, 2.45) is 23.7 Å². The minimum Gasteiger partial charge on any atom is -0.412 e. The number of hydrogen-bond acceptors (Lipinski definition) is 28. The molecular formula is C46H92O29. The molecule has 0 aromatic rings. The van der Waals surface area contributed by atoms with Crippen molar-refractivity contribution in [3.8, 4) is 0 Å². The second kappa shape index (κ2) is 41.3. The number of ether oxygens (including phenoxy) is 8. The Balaban J connectivity index is 0. The molecule has 0 aromatic carbocycles. The van der Waals surface area contributed by atoms with Crippen LogP contribution in [0.2, 0.25) is 0 Å². The van der Waals surface area contributed by atoms with Gasteiger partial charge in [0.15, 0.2) is 6.29 Å². The minimum absolute atomic E-state index is 0. The molecule has 4 aliphatic rings. The minimum atomic E-state index is -1.64. The van der Waals surface area contributed by atoms with Crippen LogP contribution >= 0.6 is 0 Å². The average Bonchev–Trinajstić information content (AvgIpc) is 3.37. The maximum absolute atomic E-state index is 10.7. The van der Waals surface area contributed by atoms with Gasteiger partial charge in [0.2, 0.25) is 0 Å². The normalized spacial score (nSPS) is 34.0. The number of hydrogen-bond donors (Lipinski definition) is 18. The van der Waals surface area contributed by atoms with Crippen LogP contribution in [-0.4, -0.2) is 325 Å². The van der Waals surface area contributed by atoms with E-state index in [1.54, 1.807) is 13.8 Å². The summed E-state index contributed by atoms with van der Waals surface area (Å²) in [6.07, 6.45) is -20.4. The highest BCUT2D eigenvalue weighted by atomic mass is 16.6. The summed E-state index contributed by atoms with van der Waals surface area (Å²) in [7, 11) is 1.48. The molecule has 29 nitrogen and oxygen atoms in total. The molecule has 11 unspecified atom stereocenters. The standard InChI is InChI=1S/C30H54O16.C5H12O5.C5H10O5.C3H8O.C3H6O.H2O/c1-3-15-7-43-20(28(36)23(15)31)12-40-5-17-9-45-22(30(38)25(17)33)14-42-6-18-10-46-21(29(37)26(18)34)13-41-4-16-8-44-19(11-39-2)27(35)24(16)32;2*6-1-3(8)5(10)4(9)2-7;2*1-3(2)4;/h15-38H,3-14H2,1-2H3;3-10H,1-2H2;1,3-5,7-10H,2H2;3-4H,1-2H3;1-2H3;1H2/t15-,16-,17-,18-,19+,20+,21+,22+,23-,24?,25?,26-,27?,28?,29?,30?;;;;;/m1...../s1. The van der Waals surface area contributed by atoms with Gasteiger partial charge in [-0.25, -0.2) is 0 Å². The van der Waals surface area contributed by atoms with Gasteiger partial charge < -0.3 is 145 Å². The van der Waals surface area contributed by atoms with E-state index in [1.807, 2.05) is 6.92 Å². The summed E-state index contributed by atoms with van der Waals surface area (Å²) in [4.78, 5) is 19.2. The Morgan fingerprint density at radius 2 is 0.747 bits per heavy atom. The molecule has 4 saturated heterocycles. The van der Waals surface area contributed by atoms with Gasteiger partial charge in [-0.1, -0.05) is 6.92 Å². The number of rotatable bonds is 23. The van der Waals surface area contributed by atoms with E-state index >= 15 is 0 Å². The van der Waals surface area contributed by atoms with Crippen LogP contribution in [0.1, 0.15) is 41.0 Å². The Bertz CT molecular complexity index is 1390. The Kier molecular flexibility index (Phi) is 41.5. The monoisotopic (exact) mass is 1110 g/mol. The molecule has 75 heavy (non-hydrogen) atoms. The van der Waals surface area contributed by atoms with Gasteiger partial charge in [-0.05, 0) is 34.1 Å².